The van der Waals surface area contributed by atoms with Gasteiger partial charge in [0.15, 0.2) is 11.5 Å². The first-order chi connectivity index (χ1) is 8.20. The molecule has 0 amide bonds. The van der Waals surface area contributed by atoms with Gasteiger partial charge in [-0.05, 0) is 31.2 Å². The zero-order valence-corrected chi connectivity index (χ0v) is 9.77. The van der Waals surface area contributed by atoms with Crippen molar-refractivity contribution in [2.24, 2.45) is 0 Å². The molecule has 0 aliphatic rings. The minimum atomic E-state index is -0.106. The van der Waals surface area contributed by atoms with Crippen molar-refractivity contribution < 1.29 is 14.1 Å². The summed E-state index contributed by atoms with van der Waals surface area (Å²) in [6.07, 6.45) is 0. The van der Waals surface area contributed by atoms with Gasteiger partial charge in [-0.25, -0.2) is 0 Å². The highest BCUT2D eigenvalue weighted by molar-refractivity contribution is 5.92. The highest BCUT2D eigenvalue weighted by Crippen LogP contribution is 2.23. The second-order valence-corrected chi connectivity index (χ2v) is 3.59. The molecule has 2 aromatic rings. The van der Waals surface area contributed by atoms with Crippen LogP contribution in [-0.2, 0) is 0 Å². The van der Waals surface area contributed by atoms with Gasteiger partial charge in [-0.1, -0.05) is 5.16 Å². The Hall–Kier alpha value is -2.10. The third-order valence-electron chi connectivity index (χ3n) is 2.32. The van der Waals surface area contributed by atoms with E-state index in [2.05, 4.69) is 5.16 Å². The van der Waals surface area contributed by atoms with Gasteiger partial charge in [0, 0.05) is 18.6 Å². The summed E-state index contributed by atoms with van der Waals surface area (Å²) in [6.45, 7) is 4.03. The van der Waals surface area contributed by atoms with Gasteiger partial charge in [0.25, 0.3) is 0 Å². The van der Waals surface area contributed by atoms with Crippen molar-refractivity contribution in [3.05, 3.63) is 36.0 Å². The molecule has 0 unspecified atom stereocenters. The maximum Gasteiger partial charge on any atom is 0.181 e. The Bertz CT molecular complexity index is 514. The lowest BCUT2D eigenvalue weighted by molar-refractivity contribution is 0.100. The van der Waals surface area contributed by atoms with Gasteiger partial charge < -0.3 is 9.26 Å². The van der Waals surface area contributed by atoms with Gasteiger partial charge in [-0.2, -0.15) is 0 Å². The van der Waals surface area contributed by atoms with Crippen molar-refractivity contribution in [2.45, 2.75) is 13.8 Å². The van der Waals surface area contributed by atoms with E-state index >= 15 is 0 Å². The summed E-state index contributed by atoms with van der Waals surface area (Å²) >= 11 is 0. The first-order valence-corrected chi connectivity index (χ1v) is 5.41. The molecule has 88 valence electrons. The van der Waals surface area contributed by atoms with E-state index in [1.807, 2.05) is 31.2 Å². The molecule has 0 fully saturated rings. The summed E-state index contributed by atoms with van der Waals surface area (Å²) in [4.78, 5) is 11.1. The molecule has 0 saturated heterocycles. The molecule has 17 heavy (non-hydrogen) atoms. The van der Waals surface area contributed by atoms with Crippen molar-refractivity contribution in [1.29, 1.82) is 0 Å². The average molecular weight is 231 g/mol. The summed E-state index contributed by atoms with van der Waals surface area (Å²) < 4.78 is 10.4. The van der Waals surface area contributed by atoms with E-state index in [0.717, 1.165) is 11.3 Å². The molecule has 0 saturated carbocycles. The SMILES string of the molecule is CCOc1ccc(-c2cc(C(C)=O)no2)cc1. The number of benzene rings is 1. The van der Waals surface area contributed by atoms with E-state index in [9.17, 15) is 4.79 Å². The van der Waals surface area contributed by atoms with Gasteiger partial charge >= 0.3 is 0 Å². The molecule has 0 aliphatic heterocycles. The molecule has 0 spiro atoms. The Kier molecular flexibility index (Phi) is 3.23. The predicted octanol–water partition coefficient (Wildman–Crippen LogP) is 2.94. The zero-order chi connectivity index (χ0) is 12.3. The molecule has 2 rings (SSSR count). The second kappa shape index (κ2) is 4.82. The molecule has 0 radical (unpaired) electrons. The zero-order valence-electron chi connectivity index (χ0n) is 9.77. The molecule has 0 aliphatic carbocycles. The number of ketones is 1. The van der Waals surface area contributed by atoms with Crippen LogP contribution in [-0.4, -0.2) is 17.5 Å². The summed E-state index contributed by atoms with van der Waals surface area (Å²) in [5.74, 6) is 1.28. The first-order valence-electron chi connectivity index (χ1n) is 5.41. The van der Waals surface area contributed by atoms with Crippen LogP contribution in [0.4, 0.5) is 0 Å². The molecular weight excluding hydrogens is 218 g/mol. The smallest absolute Gasteiger partial charge is 0.181 e. The Morgan fingerprint density at radius 3 is 2.59 bits per heavy atom. The van der Waals surface area contributed by atoms with Crippen LogP contribution >= 0.6 is 0 Å². The first kappa shape index (κ1) is 11.4. The van der Waals surface area contributed by atoms with E-state index in [4.69, 9.17) is 9.26 Å². The Morgan fingerprint density at radius 2 is 2.06 bits per heavy atom. The summed E-state index contributed by atoms with van der Waals surface area (Å²) in [6, 6.07) is 9.09. The van der Waals surface area contributed by atoms with E-state index in [-0.39, 0.29) is 5.78 Å². The van der Waals surface area contributed by atoms with Crippen molar-refractivity contribution >= 4 is 5.78 Å². The monoisotopic (exact) mass is 231 g/mol. The predicted molar refractivity (Wildman–Crippen MR) is 63.1 cm³/mol. The van der Waals surface area contributed by atoms with Gasteiger partial charge in [-0.15, -0.1) is 0 Å². The number of hydrogen-bond donors (Lipinski definition) is 0. The van der Waals surface area contributed by atoms with Crippen LogP contribution in [0, 0.1) is 0 Å². The highest BCUT2D eigenvalue weighted by Gasteiger charge is 2.09. The van der Waals surface area contributed by atoms with Crippen LogP contribution in [0.15, 0.2) is 34.9 Å². The van der Waals surface area contributed by atoms with Crippen LogP contribution in [0.3, 0.4) is 0 Å². The maximum atomic E-state index is 11.1. The molecule has 0 N–H and O–H groups in total. The molecule has 1 heterocycles. The number of Topliss-reactive ketones (excluding diaryl/α,β-unsaturated/α-hetero) is 1. The summed E-state index contributed by atoms with van der Waals surface area (Å²) in [5.41, 5.74) is 1.21. The van der Waals surface area contributed by atoms with Crippen LogP contribution < -0.4 is 4.74 Å². The minimum absolute atomic E-state index is 0.106. The lowest BCUT2D eigenvalue weighted by atomic mass is 10.1. The Labute approximate surface area is 99.2 Å². The van der Waals surface area contributed by atoms with E-state index in [0.29, 0.717) is 18.1 Å². The van der Waals surface area contributed by atoms with Crippen LogP contribution in [0.2, 0.25) is 0 Å². The maximum absolute atomic E-state index is 11.1. The Morgan fingerprint density at radius 1 is 1.35 bits per heavy atom. The third kappa shape index (κ3) is 2.53. The van der Waals surface area contributed by atoms with Crippen molar-refractivity contribution in [2.75, 3.05) is 6.61 Å². The van der Waals surface area contributed by atoms with E-state index in [1.165, 1.54) is 6.92 Å². The van der Waals surface area contributed by atoms with Gasteiger partial charge in [0.05, 0.1) is 6.61 Å². The van der Waals surface area contributed by atoms with Crippen molar-refractivity contribution in [1.82, 2.24) is 5.16 Å². The fraction of sp³-hybridized carbons (Fsp3) is 0.231. The number of nitrogens with zero attached hydrogens (tertiary/aromatic N) is 1. The number of aromatic nitrogens is 1. The largest absolute Gasteiger partial charge is 0.494 e. The fourth-order valence-corrected chi connectivity index (χ4v) is 1.46. The average Bonchev–Trinajstić information content (AvgIpc) is 2.80. The topological polar surface area (TPSA) is 52.3 Å². The summed E-state index contributed by atoms with van der Waals surface area (Å²) in [5, 5.41) is 3.70. The van der Waals surface area contributed by atoms with Crippen molar-refractivity contribution in [3.63, 3.8) is 0 Å². The molecule has 4 nitrogen and oxygen atoms in total. The molecular formula is C13H13NO3. The number of ether oxygens (including phenoxy) is 1. The summed E-state index contributed by atoms with van der Waals surface area (Å²) in [7, 11) is 0. The van der Waals surface area contributed by atoms with Crippen LogP contribution in [0.1, 0.15) is 24.3 Å². The number of hydrogen-bond acceptors (Lipinski definition) is 4. The van der Waals surface area contributed by atoms with Crippen LogP contribution in [0.25, 0.3) is 11.3 Å². The van der Waals surface area contributed by atoms with Crippen molar-refractivity contribution in [3.8, 4) is 17.1 Å². The molecule has 0 atom stereocenters. The molecule has 4 heteroatoms. The van der Waals surface area contributed by atoms with Crippen LogP contribution in [0.5, 0.6) is 5.75 Å². The third-order valence-corrected chi connectivity index (χ3v) is 2.32. The standard InChI is InChI=1S/C13H13NO3/c1-3-16-11-6-4-10(5-7-11)13-8-12(9(2)15)14-17-13/h4-8H,3H2,1-2H3. The Balaban J connectivity index is 2.23. The van der Waals surface area contributed by atoms with E-state index < -0.39 is 0 Å². The molecule has 0 bridgehead atoms. The van der Waals surface area contributed by atoms with E-state index in [1.54, 1.807) is 6.07 Å². The molecule has 1 aromatic heterocycles. The fourth-order valence-electron chi connectivity index (χ4n) is 1.46. The number of rotatable bonds is 4. The lowest BCUT2D eigenvalue weighted by Crippen LogP contribution is -1.90. The second-order valence-electron chi connectivity index (χ2n) is 3.59. The number of carbonyl (C=O) groups is 1. The lowest BCUT2D eigenvalue weighted by Gasteiger charge is -2.02. The van der Waals surface area contributed by atoms with Gasteiger partial charge in [0.2, 0.25) is 0 Å². The van der Waals surface area contributed by atoms with Gasteiger partial charge in [0.1, 0.15) is 11.4 Å². The highest BCUT2D eigenvalue weighted by atomic mass is 16.5. The van der Waals surface area contributed by atoms with Gasteiger partial charge in [-0.3, -0.25) is 4.79 Å². The normalized spacial score (nSPS) is 10.2. The molecule has 1 aromatic carbocycles. The minimum Gasteiger partial charge on any atom is -0.494 e. The number of carbonyl (C=O) groups excluding carboxylic acids is 1. The quantitative estimate of drug-likeness (QED) is 0.759.